The largest absolute Gasteiger partial charge is 0.396 e. The van der Waals surface area contributed by atoms with Crippen molar-refractivity contribution in [3.63, 3.8) is 0 Å². The van der Waals surface area contributed by atoms with Crippen LogP contribution in [0.15, 0.2) is 70.4 Å². The Hall–Kier alpha value is -1.60. The van der Waals surface area contributed by atoms with Crippen molar-refractivity contribution in [2.75, 3.05) is 6.61 Å². The molecule has 1 N–H and O–H groups in total. The van der Waals surface area contributed by atoms with Gasteiger partial charge < -0.3 is 5.11 Å². The first kappa shape index (κ1) is 31.4. The molecule has 2 atom stereocenters. The zero-order valence-corrected chi connectivity index (χ0v) is 24.3. The van der Waals surface area contributed by atoms with E-state index in [2.05, 4.69) is 85.4 Å². The van der Waals surface area contributed by atoms with E-state index in [9.17, 15) is 5.11 Å². The summed E-state index contributed by atoms with van der Waals surface area (Å²) in [5, 5.41) is 10.1. The smallest absolute Gasteiger partial charge is 0.0488 e. The Morgan fingerprint density at radius 1 is 0.857 bits per heavy atom. The second-order valence-electron chi connectivity index (χ2n) is 12.0. The van der Waals surface area contributed by atoms with Crippen LogP contribution in [-0.2, 0) is 0 Å². The van der Waals surface area contributed by atoms with E-state index in [0.717, 1.165) is 70.6 Å². The van der Waals surface area contributed by atoms with Crippen LogP contribution in [0, 0.1) is 11.3 Å². The minimum atomic E-state index is 0.0312. The van der Waals surface area contributed by atoms with E-state index in [1.165, 1.54) is 34.3 Å². The first-order chi connectivity index (χ1) is 16.5. The first-order valence-corrected chi connectivity index (χ1v) is 14.1. The Labute approximate surface area is 218 Å². The third-order valence-electron chi connectivity index (χ3n) is 7.26. The first-order valence-electron chi connectivity index (χ1n) is 14.1. The van der Waals surface area contributed by atoms with Crippen LogP contribution in [0.5, 0.6) is 0 Å². The molecule has 198 valence electrons. The molecule has 0 saturated carbocycles. The molecular weight excluding hydrogens is 424 g/mol. The van der Waals surface area contributed by atoms with Crippen LogP contribution >= 0.6 is 0 Å². The molecule has 0 amide bonds. The van der Waals surface area contributed by atoms with Gasteiger partial charge >= 0.3 is 0 Å². The lowest BCUT2D eigenvalue weighted by Crippen LogP contribution is -2.28. The molecule has 1 heteroatoms. The van der Waals surface area contributed by atoms with Crippen LogP contribution in [0.1, 0.15) is 126 Å². The van der Waals surface area contributed by atoms with E-state index in [4.69, 9.17) is 0 Å². The average Bonchev–Trinajstić information content (AvgIpc) is 2.77. The molecule has 1 aliphatic rings. The Kier molecular flexibility index (Phi) is 15.2. The number of aliphatic hydroxyl groups is 1. The maximum Gasteiger partial charge on any atom is 0.0488 e. The van der Waals surface area contributed by atoms with Crippen LogP contribution < -0.4 is 0 Å². The summed E-state index contributed by atoms with van der Waals surface area (Å²) in [7, 11) is 0. The van der Waals surface area contributed by atoms with Crippen molar-refractivity contribution in [2.24, 2.45) is 11.3 Å². The second kappa shape index (κ2) is 17.0. The van der Waals surface area contributed by atoms with Crippen LogP contribution in [0.3, 0.4) is 0 Å². The maximum absolute atomic E-state index is 10.1. The van der Waals surface area contributed by atoms with Crippen molar-refractivity contribution in [1.29, 1.82) is 0 Å². The fourth-order valence-electron chi connectivity index (χ4n) is 5.10. The van der Waals surface area contributed by atoms with Gasteiger partial charge in [-0.05, 0) is 130 Å². The van der Waals surface area contributed by atoms with Crippen LogP contribution in [0.2, 0.25) is 0 Å². The van der Waals surface area contributed by atoms with E-state index in [1.54, 1.807) is 5.57 Å². The molecule has 0 aliphatic heterocycles. The number of rotatable bonds is 16. The molecule has 0 aromatic carbocycles. The quantitative estimate of drug-likeness (QED) is 0.218. The van der Waals surface area contributed by atoms with Gasteiger partial charge in [0.05, 0.1) is 0 Å². The van der Waals surface area contributed by atoms with Gasteiger partial charge in [0.25, 0.3) is 0 Å². The topological polar surface area (TPSA) is 20.2 Å². The maximum atomic E-state index is 10.1. The summed E-state index contributed by atoms with van der Waals surface area (Å²) in [5.74, 6) is 0.566. The highest BCUT2D eigenvalue weighted by Crippen LogP contribution is 2.41. The van der Waals surface area contributed by atoms with E-state index in [1.807, 2.05) is 0 Å². The summed E-state index contributed by atoms with van der Waals surface area (Å²) in [6.07, 6.45) is 25.5. The SMILES string of the molecule is C=C(CC/C=C(\C)CCC=C(C)C)CC[C@@H]1C=C(CC/C=C(\C)CCC=C(C)C)C[C@](C)(CO)C1. The standard InChI is InChI=1S/C34H56O/c1-27(2)13-9-15-29(5)17-11-18-31(7)21-22-33-23-32(24-34(8,25-33)26-35)20-12-19-30(6)16-10-14-28(3)4/h13-14,17,19,23,33,35H,7,9-12,15-16,18,20-22,24-26H2,1-6,8H3/b29-17+,30-19+/t33-,34+/m1/s1. The molecule has 0 aromatic heterocycles. The monoisotopic (exact) mass is 480 g/mol. The number of aliphatic hydroxyl groups excluding tert-OH is 1. The van der Waals surface area contributed by atoms with Crippen molar-refractivity contribution in [1.82, 2.24) is 0 Å². The van der Waals surface area contributed by atoms with Gasteiger partial charge in [-0.2, -0.15) is 0 Å². The molecule has 0 aromatic rings. The Balaban J connectivity index is 2.53. The molecule has 0 fully saturated rings. The Morgan fingerprint density at radius 2 is 1.40 bits per heavy atom. The minimum absolute atomic E-state index is 0.0312. The van der Waals surface area contributed by atoms with Gasteiger partial charge in [-0.25, -0.2) is 0 Å². The molecule has 1 aliphatic carbocycles. The predicted octanol–water partition coefficient (Wildman–Crippen LogP) is 10.6. The van der Waals surface area contributed by atoms with Crippen molar-refractivity contribution >= 4 is 0 Å². The van der Waals surface area contributed by atoms with Gasteiger partial charge in [0.15, 0.2) is 0 Å². The van der Waals surface area contributed by atoms with Crippen molar-refractivity contribution in [3.8, 4) is 0 Å². The van der Waals surface area contributed by atoms with E-state index in [0.29, 0.717) is 5.92 Å². The summed E-state index contributed by atoms with van der Waals surface area (Å²) in [5.41, 5.74) is 8.76. The molecule has 0 spiro atoms. The highest BCUT2D eigenvalue weighted by Gasteiger charge is 2.31. The molecular formula is C34H56O. The third-order valence-corrected chi connectivity index (χ3v) is 7.26. The summed E-state index contributed by atoms with van der Waals surface area (Å²) in [6.45, 7) is 20.1. The molecule has 1 rings (SSSR count). The fourth-order valence-corrected chi connectivity index (χ4v) is 5.10. The van der Waals surface area contributed by atoms with Crippen molar-refractivity contribution < 1.29 is 5.11 Å². The lowest BCUT2D eigenvalue weighted by molar-refractivity contribution is 0.110. The van der Waals surface area contributed by atoms with Gasteiger partial charge in [0.1, 0.15) is 0 Å². The van der Waals surface area contributed by atoms with Gasteiger partial charge in [-0.3, -0.25) is 0 Å². The summed E-state index contributed by atoms with van der Waals surface area (Å²) >= 11 is 0. The van der Waals surface area contributed by atoms with Gasteiger partial charge in [-0.1, -0.05) is 77.3 Å². The lowest BCUT2D eigenvalue weighted by atomic mass is 9.70. The molecule has 0 radical (unpaired) electrons. The average molecular weight is 481 g/mol. The van der Waals surface area contributed by atoms with E-state index in [-0.39, 0.29) is 12.0 Å². The van der Waals surface area contributed by atoms with Crippen LogP contribution in [-0.4, -0.2) is 11.7 Å². The van der Waals surface area contributed by atoms with Crippen molar-refractivity contribution in [2.45, 2.75) is 126 Å². The third kappa shape index (κ3) is 15.2. The lowest BCUT2D eigenvalue weighted by Gasteiger charge is -2.36. The highest BCUT2D eigenvalue weighted by molar-refractivity contribution is 5.15. The van der Waals surface area contributed by atoms with E-state index >= 15 is 0 Å². The van der Waals surface area contributed by atoms with Crippen LogP contribution in [0.4, 0.5) is 0 Å². The highest BCUT2D eigenvalue weighted by atomic mass is 16.3. The minimum Gasteiger partial charge on any atom is -0.396 e. The molecule has 0 bridgehead atoms. The molecule has 0 unspecified atom stereocenters. The van der Waals surface area contributed by atoms with Gasteiger partial charge in [0, 0.05) is 6.61 Å². The normalized spacial score (nSPS) is 20.9. The van der Waals surface area contributed by atoms with Gasteiger partial charge in [-0.15, -0.1) is 0 Å². The summed E-state index contributed by atoms with van der Waals surface area (Å²) < 4.78 is 0. The summed E-state index contributed by atoms with van der Waals surface area (Å²) in [6, 6.07) is 0. The molecule has 35 heavy (non-hydrogen) atoms. The van der Waals surface area contributed by atoms with Gasteiger partial charge in [0.2, 0.25) is 0 Å². The zero-order valence-electron chi connectivity index (χ0n) is 24.3. The Bertz CT molecular complexity index is 792. The molecule has 1 nitrogen and oxygen atoms in total. The number of allylic oxidation sites excluding steroid dienone is 11. The molecule has 0 saturated heterocycles. The number of hydrogen-bond acceptors (Lipinski definition) is 1. The summed E-state index contributed by atoms with van der Waals surface area (Å²) in [4.78, 5) is 0. The number of hydrogen-bond donors (Lipinski definition) is 1. The predicted molar refractivity (Wildman–Crippen MR) is 158 cm³/mol. The van der Waals surface area contributed by atoms with Crippen LogP contribution in [0.25, 0.3) is 0 Å². The Morgan fingerprint density at radius 3 is 1.94 bits per heavy atom. The van der Waals surface area contributed by atoms with Crippen molar-refractivity contribution in [3.05, 3.63) is 70.4 Å². The van der Waals surface area contributed by atoms with E-state index < -0.39 is 0 Å². The zero-order chi connectivity index (χ0) is 26.3. The fraction of sp³-hybridized carbons (Fsp3) is 0.647. The second-order valence-corrected chi connectivity index (χ2v) is 12.0. The molecule has 0 heterocycles.